The maximum absolute atomic E-state index is 13.7. The number of ether oxygens (including phenoxy) is 1. The lowest BCUT2D eigenvalue weighted by Gasteiger charge is -2.33. The number of aryl methyl sites for hydroxylation is 1. The smallest absolute Gasteiger partial charge is 0.407 e. The first-order valence-electron chi connectivity index (χ1n) is 13.2. The van der Waals surface area contributed by atoms with Crippen molar-refractivity contribution in [2.45, 2.75) is 70.0 Å². The van der Waals surface area contributed by atoms with Gasteiger partial charge in [-0.3, -0.25) is 9.59 Å². The number of carbonyl (C=O) groups is 3. The standard InChI is InChI=1S/C30H39N3O5S/c1-5-6-12-17-38-29(37)32-24(18-22-14-8-7-9-15-22)25(34)28(36)33-20-39-30(3,4)26(33)27(35)31-19-23-16-11-10-13-21(23)2/h6-16,24-26,34H,5,17-20H2,1-4H3,(H,31,35)(H,32,37)/t24-,25-,26+/m0/s1. The van der Waals surface area contributed by atoms with Gasteiger partial charge in [0.25, 0.3) is 5.91 Å². The lowest BCUT2D eigenvalue weighted by molar-refractivity contribution is -0.147. The van der Waals surface area contributed by atoms with E-state index in [4.69, 9.17) is 4.74 Å². The normalized spacial score (nSPS) is 18.0. The van der Waals surface area contributed by atoms with E-state index in [9.17, 15) is 19.5 Å². The van der Waals surface area contributed by atoms with Gasteiger partial charge in [-0.1, -0.05) is 73.7 Å². The maximum atomic E-state index is 13.7. The van der Waals surface area contributed by atoms with Gasteiger partial charge in [-0.15, -0.1) is 11.8 Å². The number of benzene rings is 2. The van der Waals surface area contributed by atoms with Crippen molar-refractivity contribution in [1.29, 1.82) is 0 Å². The Balaban J connectivity index is 1.75. The minimum Gasteiger partial charge on any atom is -0.445 e. The summed E-state index contributed by atoms with van der Waals surface area (Å²) >= 11 is 1.47. The van der Waals surface area contributed by atoms with Crippen LogP contribution in [0, 0.1) is 6.92 Å². The third-order valence-corrected chi connectivity index (χ3v) is 8.11. The van der Waals surface area contributed by atoms with Gasteiger partial charge in [0, 0.05) is 11.3 Å². The molecule has 3 amide bonds. The Morgan fingerprint density at radius 3 is 2.51 bits per heavy atom. The maximum Gasteiger partial charge on any atom is 0.407 e. The van der Waals surface area contributed by atoms with E-state index in [2.05, 4.69) is 10.6 Å². The third kappa shape index (κ3) is 8.34. The van der Waals surface area contributed by atoms with Crippen LogP contribution in [0.1, 0.15) is 43.9 Å². The summed E-state index contributed by atoms with van der Waals surface area (Å²) in [4.78, 5) is 41.0. The molecule has 3 N–H and O–H groups in total. The molecule has 1 fully saturated rings. The zero-order chi connectivity index (χ0) is 28.4. The molecule has 0 aliphatic carbocycles. The van der Waals surface area contributed by atoms with Gasteiger partial charge in [-0.2, -0.15) is 0 Å². The van der Waals surface area contributed by atoms with Crippen molar-refractivity contribution < 1.29 is 24.2 Å². The van der Waals surface area contributed by atoms with Gasteiger partial charge < -0.3 is 25.4 Å². The number of nitrogens with one attached hydrogen (secondary N) is 2. The molecule has 1 aliphatic heterocycles. The SMILES string of the molecule is CCC=CCOC(=O)N[C@@H](Cc1ccccc1)[C@H](O)C(=O)N1CSC(C)(C)[C@H]1C(=O)NCc1ccccc1C. The Morgan fingerprint density at radius 2 is 1.82 bits per heavy atom. The van der Waals surface area contributed by atoms with Gasteiger partial charge in [0.15, 0.2) is 6.10 Å². The molecule has 39 heavy (non-hydrogen) atoms. The molecule has 1 aliphatic rings. The van der Waals surface area contributed by atoms with E-state index in [1.165, 1.54) is 16.7 Å². The lowest BCUT2D eigenvalue weighted by Crippen LogP contribution is -2.58. The molecular formula is C30H39N3O5S. The fourth-order valence-electron chi connectivity index (χ4n) is 4.50. The molecule has 2 aromatic rings. The first kappa shape index (κ1) is 30.2. The van der Waals surface area contributed by atoms with Crippen molar-refractivity contribution in [3.8, 4) is 0 Å². The van der Waals surface area contributed by atoms with Crippen LogP contribution >= 0.6 is 11.8 Å². The highest BCUT2D eigenvalue weighted by Gasteiger charge is 2.49. The highest BCUT2D eigenvalue weighted by atomic mass is 32.2. The molecule has 3 atom stereocenters. The van der Waals surface area contributed by atoms with Crippen molar-refractivity contribution in [1.82, 2.24) is 15.5 Å². The summed E-state index contributed by atoms with van der Waals surface area (Å²) < 4.78 is 4.63. The number of alkyl carbamates (subject to hydrolysis) is 1. The van der Waals surface area contributed by atoms with Crippen LogP contribution in [0.5, 0.6) is 0 Å². The van der Waals surface area contributed by atoms with Gasteiger partial charge in [-0.25, -0.2) is 4.79 Å². The second kappa shape index (κ2) is 14.2. The molecule has 0 aromatic heterocycles. The molecule has 210 valence electrons. The van der Waals surface area contributed by atoms with E-state index in [1.54, 1.807) is 6.08 Å². The van der Waals surface area contributed by atoms with Gasteiger partial charge in [0.05, 0.1) is 11.9 Å². The van der Waals surface area contributed by atoms with Crippen molar-refractivity contribution in [3.05, 3.63) is 83.4 Å². The fraction of sp³-hybridized carbons (Fsp3) is 0.433. The minimum atomic E-state index is -1.58. The van der Waals surface area contributed by atoms with Crippen LogP contribution in [0.25, 0.3) is 0 Å². The summed E-state index contributed by atoms with van der Waals surface area (Å²) in [6.07, 6.45) is 2.33. The molecule has 1 saturated heterocycles. The highest BCUT2D eigenvalue weighted by Crippen LogP contribution is 2.40. The Labute approximate surface area is 235 Å². The predicted molar refractivity (Wildman–Crippen MR) is 154 cm³/mol. The molecule has 0 radical (unpaired) electrons. The fourth-order valence-corrected chi connectivity index (χ4v) is 5.64. The second-order valence-corrected chi connectivity index (χ2v) is 11.7. The summed E-state index contributed by atoms with van der Waals surface area (Å²) in [5.41, 5.74) is 2.89. The van der Waals surface area contributed by atoms with Crippen molar-refractivity contribution in [2.24, 2.45) is 0 Å². The Hall–Kier alpha value is -3.30. The molecule has 9 heteroatoms. The molecule has 8 nitrogen and oxygen atoms in total. The quantitative estimate of drug-likeness (QED) is 0.364. The Bertz CT molecular complexity index is 1150. The number of aliphatic hydroxyl groups is 1. The van der Waals surface area contributed by atoms with Crippen molar-refractivity contribution in [2.75, 3.05) is 12.5 Å². The zero-order valence-corrected chi connectivity index (χ0v) is 23.9. The molecule has 3 rings (SSSR count). The van der Waals surface area contributed by atoms with Crippen LogP contribution in [-0.2, 0) is 27.3 Å². The highest BCUT2D eigenvalue weighted by molar-refractivity contribution is 8.00. The molecule has 0 bridgehead atoms. The van der Waals surface area contributed by atoms with E-state index in [0.29, 0.717) is 6.54 Å². The number of rotatable bonds is 11. The molecule has 2 aromatic carbocycles. The van der Waals surface area contributed by atoms with Gasteiger partial charge >= 0.3 is 6.09 Å². The van der Waals surface area contributed by atoms with Crippen LogP contribution in [0.4, 0.5) is 4.79 Å². The molecular weight excluding hydrogens is 514 g/mol. The first-order chi connectivity index (χ1) is 18.6. The number of carbonyl (C=O) groups excluding carboxylic acids is 3. The van der Waals surface area contributed by atoms with Crippen LogP contribution in [0.15, 0.2) is 66.7 Å². The van der Waals surface area contributed by atoms with E-state index in [1.807, 2.05) is 88.4 Å². The summed E-state index contributed by atoms with van der Waals surface area (Å²) in [6, 6.07) is 15.3. The number of thioether (sulfide) groups is 1. The van der Waals surface area contributed by atoms with Crippen molar-refractivity contribution in [3.63, 3.8) is 0 Å². The van der Waals surface area contributed by atoms with Crippen LogP contribution in [0.3, 0.4) is 0 Å². The van der Waals surface area contributed by atoms with Crippen LogP contribution < -0.4 is 10.6 Å². The topological polar surface area (TPSA) is 108 Å². The Kier molecular flexibility index (Phi) is 11.0. The van der Waals surface area contributed by atoms with Gasteiger partial charge in [0.2, 0.25) is 5.91 Å². The number of aliphatic hydroxyl groups excluding tert-OH is 1. The Morgan fingerprint density at radius 1 is 1.13 bits per heavy atom. The average molecular weight is 554 g/mol. The van der Waals surface area contributed by atoms with Gasteiger partial charge in [-0.05, 0) is 50.3 Å². The molecule has 0 spiro atoms. The number of nitrogens with zero attached hydrogens (tertiary/aromatic N) is 1. The van der Waals surface area contributed by atoms with E-state index < -0.39 is 34.9 Å². The van der Waals surface area contributed by atoms with E-state index in [-0.39, 0.29) is 24.8 Å². The average Bonchev–Trinajstić information content (AvgIpc) is 3.24. The summed E-state index contributed by atoms with van der Waals surface area (Å²) in [6.45, 7) is 8.20. The number of hydrogen-bond acceptors (Lipinski definition) is 6. The summed E-state index contributed by atoms with van der Waals surface area (Å²) in [5.74, 6) is -0.657. The number of hydrogen-bond donors (Lipinski definition) is 3. The van der Waals surface area contributed by atoms with Crippen molar-refractivity contribution >= 4 is 29.7 Å². The van der Waals surface area contributed by atoms with Gasteiger partial charge in [0.1, 0.15) is 12.6 Å². The zero-order valence-electron chi connectivity index (χ0n) is 23.1. The predicted octanol–water partition coefficient (Wildman–Crippen LogP) is 3.96. The van der Waals surface area contributed by atoms with Crippen LogP contribution in [-0.4, -0.2) is 63.3 Å². The molecule has 0 saturated carbocycles. The van der Waals surface area contributed by atoms with E-state index >= 15 is 0 Å². The summed E-state index contributed by atoms with van der Waals surface area (Å²) in [7, 11) is 0. The monoisotopic (exact) mass is 553 g/mol. The minimum absolute atomic E-state index is 0.0852. The lowest BCUT2D eigenvalue weighted by atomic mass is 9.97. The van der Waals surface area contributed by atoms with E-state index in [0.717, 1.165) is 23.1 Å². The first-order valence-corrected chi connectivity index (χ1v) is 14.2. The molecule has 0 unspecified atom stereocenters. The largest absolute Gasteiger partial charge is 0.445 e. The molecule has 1 heterocycles. The summed E-state index contributed by atoms with van der Waals surface area (Å²) in [5, 5.41) is 16.9. The second-order valence-electron chi connectivity index (χ2n) is 10.1. The number of amides is 3. The number of allylic oxidation sites excluding steroid dienone is 1. The van der Waals surface area contributed by atoms with Crippen LogP contribution in [0.2, 0.25) is 0 Å². The third-order valence-electron chi connectivity index (χ3n) is 6.74.